The summed E-state index contributed by atoms with van der Waals surface area (Å²) in [6, 6.07) is 10.9. The number of hydrogen-bond donors (Lipinski definition) is 1. The molecule has 10 heteroatoms. The molecule has 0 spiro atoms. The minimum Gasteiger partial charge on any atom is -0.355 e. The predicted octanol–water partition coefficient (Wildman–Crippen LogP) is 1.52. The van der Waals surface area contributed by atoms with E-state index < -0.39 is 10.0 Å². The van der Waals surface area contributed by atoms with Gasteiger partial charge < -0.3 is 14.4 Å². The fourth-order valence-corrected chi connectivity index (χ4v) is 3.84. The second-order valence-electron chi connectivity index (χ2n) is 6.20. The van der Waals surface area contributed by atoms with E-state index in [0.717, 1.165) is 5.56 Å². The van der Waals surface area contributed by atoms with Gasteiger partial charge in [0.15, 0.2) is 11.5 Å². The van der Waals surface area contributed by atoms with Crippen LogP contribution < -0.4 is 5.32 Å². The lowest BCUT2D eigenvalue weighted by Crippen LogP contribution is -2.32. The largest absolute Gasteiger partial charge is 0.355 e. The van der Waals surface area contributed by atoms with Crippen LogP contribution in [0.4, 0.5) is 0 Å². The van der Waals surface area contributed by atoms with Crippen molar-refractivity contribution in [3.05, 3.63) is 54.5 Å². The van der Waals surface area contributed by atoms with E-state index in [1.165, 1.54) is 22.1 Å². The molecule has 0 bridgehead atoms. The summed E-state index contributed by atoms with van der Waals surface area (Å²) >= 11 is 0. The molecule has 28 heavy (non-hydrogen) atoms. The number of nitrogens with one attached hydrogen (secondary N) is 1. The van der Waals surface area contributed by atoms with Crippen LogP contribution in [0, 0.1) is 0 Å². The van der Waals surface area contributed by atoms with Gasteiger partial charge in [-0.25, -0.2) is 13.4 Å². The highest BCUT2D eigenvalue weighted by atomic mass is 32.2. The Morgan fingerprint density at radius 3 is 2.71 bits per heavy atom. The van der Waals surface area contributed by atoms with Crippen molar-refractivity contribution in [2.24, 2.45) is 7.05 Å². The number of sulfonamides is 1. The van der Waals surface area contributed by atoms with Gasteiger partial charge in [-0.15, -0.1) is 0 Å². The molecule has 0 fully saturated rings. The average molecular weight is 403 g/mol. The quantitative estimate of drug-likeness (QED) is 0.571. The molecule has 2 aromatic heterocycles. The second kappa shape index (κ2) is 8.36. The molecule has 1 aromatic carbocycles. The van der Waals surface area contributed by atoms with Gasteiger partial charge in [0.2, 0.25) is 5.16 Å². The van der Waals surface area contributed by atoms with Gasteiger partial charge in [-0.05, 0) is 6.42 Å². The molecule has 0 radical (unpaired) electrons. The maximum Gasteiger partial charge on any atom is 0.276 e. The van der Waals surface area contributed by atoms with Crippen LogP contribution in [-0.2, 0) is 17.1 Å². The van der Waals surface area contributed by atoms with Crippen LogP contribution in [0.25, 0.3) is 11.3 Å². The highest BCUT2D eigenvalue weighted by Crippen LogP contribution is 2.19. The molecule has 0 saturated carbocycles. The first-order valence-corrected chi connectivity index (χ1v) is 10.1. The number of nitrogens with zero attached hydrogens (tertiary/aromatic N) is 4. The fourth-order valence-electron chi connectivity index (χ4n) is 2.57. The Balaban J connectivity index is 1.50. The molecule has 0 atom stereocenters. The normalized spacial score (nSPS) is 11.7. The van der Waals surface area contributed by atoms with Gasteiger partial charge in [0.25, 0.3) is 15.9 Å². The van der Waals surface area contributed by atoms with Crippen molar-refractivity contribution in [2.45, 2.75) is 11.6 Å². The van der Waals surface area contributed by atoms with Crippen LogP contribution in [0.15, 0.2) is 58.5 Å². The predicted molar refractivity (Wildman–Crippen MR) is 102 cm³/mol. The molecule has 3 aromatic rings. The molecule has 1 amide bonds. The Kier molecular flexibility index (Phi) is 5.90. The number of hydrogen-bond acceptors (Lipinski definition) is 6. The third-order valence-electron chi connectivity index (χ3n) is 4.15. The number of aromatic nitrogens is 3. The van der Waals surface area contributed by atoms with Crippen molar-refractivity contribution in [2.75, 3.05) is 20.1 Å². The molecule has 9 nitrogen and oxygen atoms in total. The lowest BCUT2D eigenvalue weighted by Gasteiger charge is -2.16. The summed E-state index contributed by atoms with van der Waals surface area (Å²) in [7, 11) is -0.559. The third kappa shape index (κ3) is 4.29. The number of benzene rings is 1. The number of carbonyl (C=O) groups excluding carboxylic acids is 1. The monoisotopic (exact) mass is 403 g/mol. The third-order valence-corrected chi connectivity index (χ3v) is 6.01. The van der Waals surface area contributed by atoms with Crippen molar-refractivity contribution in [1.82, 2.24) is 24.3 Å². The van der Waals surface area contributed by atoms with Gasteiger partial charge in [0.05, 0.1) is 0 Å². The second-order valence-corrected chi connectivity index (χ2v) is 8.14. The molecule has 0 aliphatic rings. The zero-order chi connectivity index (χ0) is 20.1. The average Bonchev–Trinajstić information content (AvgIpc) is 3.35. The summed E-state index contributed by atoms with van der Waals surface area (Å²) in [5.74, 6) is 0.132. The lowest BCUT2D eigenvalue weighted by atomic mass is 10.1. The fraction of sp³-hybridized carbons (Fsp3) is 0.278. The number of amides is 1. The van der Waals surface area contributed by atoms with Crippen molar-refractivity contribution in [1.29, 1.82) is 0 Å². The molecule has 3 rings (SSSR count). The number of aryl methyl sites for hydroxylation is 1. The van der Waals surface area contributed by atoms with Crippen LogP contribution in [-0.4, -0.2) is 53.5 Å². The van der Waals surface area contributed by atoms with Crippen molar-refractivity contribution < 1.29 is 17.7 Å². The maximum atomic E-state index is 12.4. The molecule has 148 valence electrons. The van der Waals surface area contributed by atoms with Gasteiger partial charge in [-0.1, -0.05) is 35.5 Å². The molecular weight excluding hydrogens is 382 g/mol. The standard InChI is InChI=1S/C18H21N5O4S/c1-22-12-10-20-18(22)28(25,26)23(2)11-6-9-19-17(24)15-13-16(27-21-15)14-7-4-3-5-8-14/h3-5,7-8,10,12-13H,6,9,11H2,1-2H3,(H,19,24). The summed E-state index contributed by atoms with van der Waals surface area (Å²) in [4.78, 5) is 16.1. The summed E-state index contributed by atoms with van der Waals surface area (Å²) in [5, 5.41) is 6.48. The van der Waals surface area contributed by atoms with Crippen LogP contribution in [0.3, 0.4) is 0 Å². The van der Waals surface area contributed by atoms with E-state index in [9.17, 15) is 13.2 Å². The smallest absolute Gasteiger partial charge is 0.276 e. The van der Waals surface area contributed by atoms with Crippen LogP contribution >= 0.6 is 0 Å². The first-order chi connectivity index (χ1) is 13.4. The summed E-state index contributed by atoms with van der Waals surface area (Å²) in [6.07, 6.45) is 3.44. The van der Waals surface area contributed by atoms with E-state index in [1.807, 2.05) is 30.3 Å². The molecule has 0 aliphatic carbocycles. The van der Waals surface area contributed by atoms with Crippen molar-refractivity contribution >= 4 is 15.9 Å². The summed E-state index contributed by atoms with van der Waals surface area (Å²) in [6.45, 7) is 0.538. The Labute approximate surface area is 163 Å². The molecule has 0 unspecified atom stereocenters. The molecule has 0 aliphatic heterocycles. The van der Waals surface area contributed by atoms with E-state index in [2.05, 4.69) is 15.5 Å². The van der Waals surface area contributed by atoms with Gasteiger partial charge >= 0.3 is 0 Å². The highest BCUT2D eigenvalue weighted by molar-refractivity contribution is 7.88. The van der Waals surface area contributed by atoms with Gasteiger partial charge in [0.1, 0.15) is 0 Å². The Morgan fingerprint density at radius 1 is 1.29 bits per heavy atom. The minimum atomic E-state index is -3.66. The van der Waals surface area contributed by atoms with E-state index >= 15 is 0 Å². The first-order valence-electron chi connectivity index (χ1n) is 8.63. The van der Waals surface area contributed by atoms with Gasteiger partial charge in [-0.3, -0.25) is 4.79 Å². The van der Waals surface area contributed by atoms with Gasteiger partial charge in [-0.2, -0.15) is 4.31 Å². The summed E-state index contributed by atoms with van der Waals surface area (Å²) in [5.41, 5.74) is 1.00. The minimum absolute atomic E-state index is 0.0184. The molecular formula is C18H21N5O4S. The SMILES string of the molecule is CN(CCCNC(=O)c1cc(-c2ccccc2)on1)S(=O)(=O)c1nccn1C. The highest BCUT2D eigenvalue weighted by Gasteiger charge is 2.24. The molecule has 2 heterocycles. The van der Waals surface area contributed by atoms with Crippen LogP contribution in [0.5, 0.6) is 0 Å². The number of carbonyl (C=O) groups is 1. The zero-order valence-corrected chi connectivity index (χ0v) is 16.4. The first kappa shape index (κ1) is 19.8. The topological polar surface area (TPSA) is 110 Å². The van der Waals surface area contributed by atoms with Crippen molar-refractivity contribution in [3.8, 4) is 11.3 Å². The van der Waals surface area contributed by atoms with E-state index in [0.29, 0.717) is 18.7 Å². The van der Waals surface area contributed by atoms with Gasteiger partial charge in [0, 0.05) is 51.2 Å². The number of rotatable bonds is 8. The molecule has 1 N–H and O–H groups in total. The van der Waals surface area contributed by atoms with Crippen molar-refractivity contribution in [3.63, 3.8) is 0 Å². The molecule has 0 saturated heterocycles. The van der Waals surface area contributed by atoms with Crippen LogP contribution in [0.2, 0.25) is 0 Å². The Morgan fingerprint density at radius 2 is 2.04 bits per heavy atom. The zero-order valence-electron chi connectivity index (χ0n) is 15.6. The van der Waals surface area contributed by atoms with E-state index in [-0.39, 0.29) is 23.3 Å². The van der Waals surface area contributed by atoms with Crippen LogP contribution in [0.1, 0.15) is 16.9 Å². The maximum absolute atomic E-state index is 12.4. The summed E-state index contributed by atoms with van der Waals surface area (Å²) < 4.78 is 32.7. The lowest BCUT2D eigenvalue weighted by molar-refractivity contribution is 0.0944. The number of imidazole rings is 1. The van der Waals surface area contributed by atoms with E-state index in [4.69, 9.17) is 4.52 Å². The Bertz CT molecular complexity index is 1040. The Hall–Kier alpha value is -2.98. The van der Waals surface area contributed by atoms with E-state index in [1.54, 1.807) is 19.3 Å².